The molecule has 2 aliphatic rings. The Morgan fingerprint density at radius 2 is 1.92 bits per heavy atom. The number of ether oxygens (including phenoxy) is 1. The average Bonchev–Trinajstić information content (AvgIpc) is 2.69. The van der Waals surface area contributed by atoms with Crippen molar-refractivity contribution in [3.05, 3.63) is 24.2 Å². The molecule has 24 heavy (non-hydrogen) atoms. The SMILES string of the molecule is CCOC(=O)[C@@]1(C/C=C/B2OC(C)(C)C(C)(C)O2)CCC=CC1=O. The highest BCUT2D eigenvalue weighted by atomic mass is 16.7. The molecular weight excluding hydrogens is 307 g/mol. The molecule has 0 aromatic heterocycles. The highest BCUT2D eigenvalue weighted by Crippen LogP contribution is 2.38. The van der Waals surface area contributed by atoms with Crippen molar-refractivity contribution in [3.63, 3.8) is 0 Å². The van der Waals surface area contributed by atoms with Gasteiger partial charge in [-0.2, -0.15) is 0 Å². The minimum Gasteiger partial charge on any atom is -0.465 e. The molecule has 1 fully saturated rings. The van der Waals surface area contributed by atoms with Gasteiger partial charge in [0.25, 0.3) is 0 Å². The first kappa shape index (κ1) is 18.9. The van der Waals surface area contributed by atoms with Crippen LogP contribution in [0.15, 0.2) is 24.2 Å². The summed E-state index contributed by atoms with van der Waals surface area (Å²) < 4.78 is 16.9. The molecule has 1 atom stereocenters. The lowest BCUT2D eigenvalue weighted by molar-refractivity contribution is -0.159. The van der Waals surface area contributed by atoms with Gasteiger partial charge in [0.15, 0.2) is 5.78 Å². The van der Waals surface area contributed by atoms with Crippen LogP contribution in [-0.2, 0) is 23.6 Å². The third-order valence-electron chi connectivity index (χ3n) is 5.18. The molecule has 132 valence electrons. The van der Waals surface area contributed by atoms with Crippen LogP contribution in [0.1, 0.15) is 53.9 Å². The smallest absolute Gasteiger partial charge is 0.465 e. The number of allylic oxidation sites excluding steroid dienone is 3. The highest BCUT2D eigenvalue weighted by molar-refractivity contribution is 6.51. The van der Waals surface area contributed by atoms with Crippen molar-refractivity contribution >= 4 is 18.9 Å². The van der Waals surface area contributed by atoms with Crippen LogP contribution in [0.25, 0.3) is 0 Å². The zero-order valence-corrected chi connectivity index (χ0v) is 15.3. The predicted octanol–water partition coefficient (Wildman–Crippen LogP) is 3.03. The Morgan fingerprint density at radius 3 is 2.46 bits per heavy atom. The largest absolute Gasteiger partial charge is 0.486 e. The Bertz CT molecular complexity index is 548. The number of hydrogen-bond donors (Lipinski definition) is 0. The molecular formula is C18H27BO5. The van der Waals surface area contributed by atoms with Crippen molar-refractivity contribution in [2.75, 3.05) is 6.61 Å². The fourth-order valence-corrected chi connectivity index (χ4v) is 2.91. The van der Waals surface area contributed by atoms with Crippen LogP contribution >= 0.6 is 0 Å². The van der Waals surface area contributed by atoms with Gasteiger partial charge < -0.3 is 14.0 Å². The van der Waals surface area contributed by atoms with Crippen LogP contribution in [0.3, 0.4) is 0 Å². The Labute approximate surface area is 144 Å². The van der Waals surface area contributed by atoms with E-state index in [0.29, 0.717) is 19.3 Å². The molecule has 5 nitrogen and oxygen atoms in total. The first-order valence-electron chi connectivity index (χ1n) is 8.55. The summed E-state index contributed by atoms with van der Waals surface area (Å²) >= 11 is 0. The van der Waals surface area contributed by atoms with Crippen LogP contribution in [0, 0.1) is 5.41 Å². The minimum absolute atomic E-state index is 0.189. The minimum atomic E-state index is -1.12. The monoisotopic (exact) mass is 334 g/mol. The van der Waals surface area contributed by atoms with Gasteiger partial charge >= 0.3 is 13.1 Å². The third kappa shape index (κ3) is 3.49. The first-order chi connectivity index (χ1) is 11.1. The van der Waals surface area contributed by atoms with E-state index in [1.165, 1.54) is 6.08 Å². The van der Waals surface area contributed by atoms with E-state index in [9.17, 15) is 9.59 Å². The molecule has 1 heterocycles. The van der Waals surface area contributed by atoms with Crippen molar-refractivity contribution in [3.8, 4) is 0 Å². The molecule has 0 saturated carbocycles. The lowest BCUT2D eigenvalue weighted by atomic mass is 9.72. The van der Waals surface area contributed by atoms with Gasteiger partial charge in [0.05, 0.1) is 17.8 Å². The van der Waals surface area contributed by atoms with E-state index in [0.717, 1.165) is 0 Å². The van der Waals surface area contributed by atoms with Crippen molar-refractivity contribution in [2.45, 2.75) is 65.1 Å². The lowest BCUT2D eigenvalue weighted by Crippen LogP contribution is -2.41. The summed E-state index contributed by atoms with van der Waals surface area (Å²) in [6.07, 6.45) is 6.54. The molecule has 0 aromatic rings. The normalized spacial score (nSPS) is 28.5. The van der Waals surface area contributed by atoms with E-state index in [1.54, 1.807) is 25.1 Å². The number of carbonyl (C=O) groups excluding carboxylic acids is 2. The van der Waals surface area contributed by atoms with Crippen LogP contribution in [0.4, 0.5) is 0 Å². The summed E-state index contributed by atoms with van der Waals surface area (Å²) in [6.45, 7) is 9.94. The number of carbonyl (C=O) groups is 2. The first-order valence-corrected chi connectivity index (χ1v) is 8.55. The van der Waals surface area contributed by atoms with Crippen molar-refractivity contribution in [2.24, 2.45) is 5.41 Å². The van der Waals surface area contributed by atoms with Gasteiger partial charge in [-0.1, -0.05) is 18.1 Å². The molecule has 0 radical (unpaired) electrons. The maximum atomic E-state index is 12.4. The van der Waals surface area contributed by atoms with Gasteiger partial charge in [-0.05, 0) is 60.0 Å². The van der Waals surface area contributed by atoms with Gasteiger partial charge in [0.2, 0.25) is 0 Å². The summed E-state index contributed by atoms with van der Waals surface area (Å²) in [5.41, 5.74) is -1.95. The van der Waals surface area contributed by atoms with Crippen molar-refractivity contribution in [1.82, 2.24) is 0 Å². The van der Waals surface area contributed by atoms with Crippen LogP contribution < -0.4 is 0 Å². The Morgan fingerprint density at radius 1 is 1.29 bits per heavy atom. The fraction of sp³-hybridized carbons (Fsp3) is 0.667. The van der Waals surface area contributed by atoms with Gasteiger partial charge in [-0.25, -0.2) is 0 Å². The van der Waals surface area contributed by atoms with Crippen LogP contribution in [0.5, 0.6) is 0 Å². The number of rotatable bonds is 5. The molecule has 0 N–H and O–H groups in total. The summed E-state index contributed by atoms with van der Waals surface area (Å²) in [7, 11) is -0.483. The quantitative estimate of drug-likeness (QED) is 0.439. The van der Waals surface area contributed by atoms with Gasteiger partial charge in [0, 0.05) is 0 Å². The summed E-state index contributed by atoms with van der Waals surface area (Å²) in [4.78, 5) is 24.8. The molecule has 0 bridgehead atoms. The molecule has 6 heteroatoms. The van der Waals surface area contributed by atoms with E-state index in [2.05, 4.69) is 0 Å². The second-order valence-corrected chi connectivity index (χ2v) is 7.36. The molecule has 1 saturated heterocycles. The summed E-state index contributed by atoms with van der Waals surface area (Å²) in [6, 6.07) is 0. The van der Waals surface area contributed by atoms with E-state index in [-0.39, 0.29) is 12.4 Å². The lowest BCUT2D eigenvalue weighted by Gasteiger charge is -2.32. The Hall–Kier alpha value is -1.40. The Kier molecular flexibility index (Phi) is 5.40. The fourth-order valence-electron chi connectivity index (χ4n) is 2.91. The zero-order chi connectivity index (χ0) is 18.0. The number of ketones is 1. The van der Waals surface area contributed by atoms with Crippen molar-refractivity contribution < 1.29 is 23.6 Å². The van der Waals surface area contributed by atoms with Gasteiger partial charge in [-0.15, -0.1) is 0 Å². The third-order valence-corrected chi connectivity index (χ3v) is 5.18. The average molecular weight is 334 g/mol. The second-order valence-electron chi connectivity index (χ2n) is 7.36. The zero-order valence-electron chi connectivity index (χ0n) is 15.3. The van der Waals surface area contributed by atoms with Crippen molar-refractivity contribution in [1.29, 1.82) is 0 Å². The molecule has 0 unspecified atom stereocenters. The second kappa shape index (κ2) is 6.85. The molecule has 2 rings (SSSR count). The van der Waals surface area contributed by atoms with E-state index in [4.69, 9.17) is 14.0 Å². The molecule has 0 aromatic carbocycles. The van der Waals surface area contributed by atoms with E-state index >= 15 is 0 Å². The van der Waals surface area contributed by atoms with E-state index < -0.39 is 29.7 Å². The van der Waals surface area contributed by atoms with Crippen LogP contribution in [-0.4, -0.2) is 36.7 Å². The van der Waals surface area contributed by atoms with E-state index in [1.807, 2.05) is 27.7 Å². The Balaban J connectivity index is 2.11. The molecule has 0 amide bonds. The van der Waals surface area contributed by atoms with Gasteiger partial charge in [-0.3, -0.25) is 9.59 Å². The molecule has 0 spiro atoms. The summed E-state index contributed by atoms with van der Waals surface area (Å²) in [5, 5.41) is 0. The van der Waals surface area contributed by atoms with Gasteiger partial charge in [0.1, 0.15) is 5.41 Å². The highest BCUT2D eigenvalue weighted by Gasteiger charge is 2.50. The number of hydrogen-bond acceptors (Lipinski definition) is 5. The molecule has 1 aliphatic carbocycles. The standard InChI is InChI=1S/C18H27BO5/c1-6-22-15(21)18(11-8-7-10-14(18)20)12-9-13-19-23-16(2,3)17(4,5)24-19/h7,9-10,13H,6,8,11-12H2,1-5H3/b13-9+/t18-/m1/s1. The van der Waals surface area contributed by atoms with Crippen LogP contribution in [0.2, 0.25) is 0 Å². The summed E-state index contributed by atoms with van der Waals surface area (Å²) in [5.74, 6) is 1.15. The predicted molar refractivity (Wildman–Crippen MR) is 92.3 cm³/mol. The number of esters is 1. The topological polar surface area (TPSA) is 61.8 Å². The maximum Gasteiger partial charge on any atom is 0.486 e. The molecule has 1 aliphatic heterocycles. The maximum absolute atomic E-state index is 12.4.